The minimum atomic E-state index is -1.11. The Hall–Kier alpha value is -3.51. The molecular weight excluding hydrogens is 402 g/mol. The first-order valence-electron chi connectivity index (χ1n) is 11.2. The number of hydrogen-bond donors (Lipinski definition) is 1. The predicted molar refractivity (Wildman–Crippen MR) is 120 cm³/mol. The summed E-state index contributed by atoms with van der Waals surface area (Å²) in [6.45, 7) is 0.718. The Labute approximate surface area is 184 Å². The highest BCUT2D eigenvalue weighted by Gasteiger charge is 2.74. The van der Waals surface area contributed by atoms with E-state index >= 15 is 0 Å². The van der Waals surface area contributed by atoms with Crippen LogP contribution in [-0.2, 0) is 19.9 Å². The van der Waals surface area contributed by atoms with Crippen molar-refractivity contribution in [3.63, 3.8) is 0 Å². The van der Waals surface area contributed by atoms with Gasteiger partial charge in [-0.15, -0.1) is 0 Å². The molecule has 4 heterocycles. The van der Waals surface area contributed by atoms with Crippen LogP contribution in [0, 0.1) is 11.8 Å². The smallest absolute Gasteiger partial charge is 0.250 e. The lowest BCUT2D eigenvalue weighted by atomic mass is 9.75. The summed E-state index contributed by atoms with van der Waals surface area (Å²) in [6.07, 6.45) is 1.74. The Morgan fingerprint density at radius 2 is 1.66 bits per heavy atom. The predicted octanol–water partition coefficient (Wildman–Crippen LogP) is 3.27. The van der Waals surface area contributed by atoms with Crippen LogP contribution in [0.1, 0.15) is 18.4 Å². The molecule has 0 aromatic heterocycles. The van der Waals surface area contributed by atoms with Crippen LogP contribution in [0.2, 0.25) is 0 Å². The van der Waals surface area contributed by atoms with E-state index in [1.54, 1.807) is 0 Å². The molecule has 7 rings (SSSR count). The molecule has 1 N–H and O–H groups in total. The summed E-state index contributed by atoms with van der Waals surface area (Å²) in [5.74, 6) is -1.85. The molecule has 6 nitrogen and oxygen atoms in total. The Bertz CT molecular complexity index is 1350. The molecule has 0 aliphatic carbocycles. The van der Waals surface area contributed by atoms with E-state index in [1.807, 2.05) is 66.7 Å². The SMILES string of the molecule is O=C1[C@@H]2[C@@H](C(=O)N1c1ccc3ccccc3c1)[C@]1(C(=O)Nc3ccccc31)N1CCC[C@@H]21. The second-order valence-corrected chi connectivity index (χ2v) is 9.22. The van der Waals surface area contributed by atoms with E-state index in [-0.39, 0.29) is 23.8 Å². The third-order valence-corrected chi connectivity index (χ3v) is 7.89. The first kappa shape index (κ1) is 18.1. The van der Waals surface area contributed by atoms with E-state index in [4.69, 9.17) is 0 Å². The molecule has 4 aliphatic heterocycles. The molecule has 3 aromatic rings. The number of rotatable bonds is 1. The summed E-state index contributed by atoms with van der Waals surface area (Å²) in [5, 5.41) is 5.04. The molecule has 3 amide bonds. The number of carbonyl (C=O) groups is 3. The number of nitrogens with zero attached hydrogens (tertiary/aromatic N) is 2. The van der Waals surface area contributed by atoms with Crippen molar-refractivity contribution < 1.29 is 14.4 Å². The molecule has 4 atom stereocenters. The Morgan fingerprint density at radius 1 is 0.875 bits per heavy atom. The van der Waals surface area contributed by atoms with Crippen molar-refractivity contribution in [3.8, 4) is 0 Å². The van der Waals surface area contributed by atoms with Crippen LogP contribution in [0.4, 0.5) is 11.4 Å². The molecule has 158 valence electrons. The molecule has 32 heavy (non-hydrogen) atoms. The second-order valence-electron chi connectivity index (χ2n) is 9.22. The lowest BCUT2D eigenvalue weighted by Crippen LogP contribution is -2.54. The molecule has 6 heteroatoms. The van der Waals surface area contributed by atoms with Gasteiger partial charge in [0.05, 0.1) is 17.5 Å². The van der Waals surface area contributed by atoms with Gasteiger partial charge in [0.2, 0.25) is 17.7 Å². The van der Waals surface area contributed by atoms with Crippen molar-refractivity contribution in [1.82, 2.24) is 4.90 Å². The highest BCUT2D eigenvalue weighted by atomic mass is 16.2. The number of amides is 3. The molecule has 1 spiro atoms. The number of para-hydroxylation sites is 1. The van der Waals surface area contributed by atoms with Gasteiger partial charge in [-0.25, -0.2) is 4.90 Å². The number of anilines is 2. The molecule has 0 saturated carbocycles. The van der Waals surface area contributed by atoms with Gasteiger partial charge in [-0.05, 0) is 48.4 Å². The highest BCUT2D eigenvalue weighted by Crippen LogP contribution is 2.60. The van der Waals surface area contributed by atoms with Crippen molar-refractivity contribution in [1.29, 1.82) is 0 Å². The van der Waals surface area contributed by atoms with Crippen LogP contribution >= 0.6 is 0 Å². The first-order valence-corrected chi connectivity index (χ1v) is 11.2. The topological polar surface area (TPSA) is 69.7 Å². The maximum absolute atomic E-state index is 14.0. The normalized spacial score (nSPS) is 30.8. The minimum absolute atomic E-state index is 0.0983. The second kappa shape index (κ2) is 6.04. The molecule has 0 bridgehead atoms. The zero-order valence-electron chi connectivity index (χ0n) is 17.3. The van der Waals surface area contributed by atoms with Crippen molar-refractivity contribution >= 4 is 39.9 Å². The fourth-order valence-electron chi connectivity index (χ4n) is 6.73. The van der Waals surface area contributed by atoms with Gasteiger partial charge in [0.1, 0.15) is 5.54 Å². The van der Waals surface area contributed by atoms with Gasteiger partial charge in [0.15, 0.2) is 0 Å². The fraction of sp³-hybridized carbons (Fsp3) is 0.269. The number of nitrogens with one attached hydrogen (secondary N) is 1. The summed E-state index contributed by atoms with van der Waals surface area (Å²) in [6, 6.07) is 21.1. The monoisotopic (exact) mass is 423 g/mol. The maximum Gasteiger partial charge on any atom is 0.250 e. The van der Waals surface area contributed by atoms with Crippen molar-refractivity contribution in [3.05, 3.63) is 72.3 Å². The van der Waals surface area contributed by atoms with E-state index in [1.165, 1.54) is 4.90 Å². The molecule has 3 aromatic carbocycles. The lowest BCUT2D eigenvalue weighted by molar-refractivity contribution is -0.135. The van der Waals surface area contributed by atoms with E-state index in [2.05, 4.69) is 10.2 Å². The first-order chi connectivity index (χ1) is 15.6. The molecule has 0 unspecified atom stereocenters. The maximum atomic E-state index is 14.0. The Balaban J connectivity index is 1.42. The zero-order valence-corrected chi connectivity index (χ0v) is 17.3. The van der Waals surface area contributed by atoms with Crippen molar-refractivity contribution in [2.24, 2.45) is 11.8 Å². The quantitative estimate of drug-likeness (QED) is 0.610. The molecule has 0 radical (unpaired) electrons. The van der Waals surface area contributed by atoms with Crippen LogP contribution in [0.15, 0.2) is 66.7 Å². The summed E-state index contributed by atoms with van der Waals surface area (Å²) in [4.78, 5) is 44.8. The Morgan fingerprint density at radius 3 is 2.53 bits per heavy atom. The van der Waals surface area contributed by atoms with Crippen LogP contribution < -0.4 is 10.2 Å². The minimum Gasteiger partial charge on any atom is -0.324 e. The summed E-state index contributed by atoms with van der Waals surface area (Å²) in [7, 11) is 0. The van der Waals surface area contributed by atoms with E-state index in [0.717, 1.165) is 41.4 Å². The summed E-state index contributed by atoms with van der Waals surface area (Å²) >= 11 is 0. The third kappa shape index (κ3) is 1.97. The van der Waals surface area contributed by atoms with Gasteiger partial charge in [-0.1, -0.05) is 48.5 Å². The van der Waals surface area contributed by atoms with Gasteiger partial charge < -0.3 is 5.32 Å². The van der Waals surface area contributed by atoms with Gasteiger partial charge in [-0.2, -0.15) is 0 Å². The summed E-state index contributed by atoms with van der Waals surface area (Å²) < 4.78 is 0. The number of fused-ring (bicyclic) bond motifs is 8. The van der Waals surface area contributed by atoms with Crippen LogP contribution in [-0.4, -0.2) is 35.2 Å². The zero-order chi connectivity index (χ0) is 21.6. The van der Waals surface area contributed by atoms with E-state index < -0.39 is 17.4 Å². The average molecular weight is 423 g/mol. The van der Waals surface area contributed by atoms with Gasteiger partial charge in [0, 0.05) is 17.3 Å². The largest absolute Gasteiger partial charge is 0.324 e. The lowest BCUT2D eigenvalue weighted by Gasteiger charge is -2.36. The standard InChI is InChI=1S/C26H21N3O3/c30-23-21-20-10-5-13-28(20)26(18-8-3-4-9-19(18)27-25(26)32)22(21)24(31)29(23)17-12-11-15-6-1-2-7-16(15)14-17/h1-4,6-9,11-12,14,20-22H,5,10,13H2,(H,27,32)/t20-,21-,22-,26+/m0/s1. The average Bonchev–Trinajstić information content (AvgIpc) is 3.51. The van der Waals surface area contributed by atoms with Crippen molar-refractivity contribution in [2.75, 3.05) is 16.8 Å². The van der Waals surface area contributed by atoms with Gasteiger partial charge >= 0.3 is 0 Å². The molecular formula is C26H21N3O3. The highest BCUT2D eigenvalue weighted by molar-refractivity contribution is 6.26. The fourth-order valence-corrected chi connectivity index (χ4v) is 6.73. The number of carbonyl (C=O) groups excluding carboxylic acids is 3. The van der Waals surface area contributed by atoms with Crippen LogP contribution in [0.3, 0.4) is 0 Å². The van der Waals surface area contributed by atoms with Crippen LogP contribution in [0.25, 0.3) is 10.8 Å². The third-order valence-electron chi connectivity index (χ3n) is 7.89. The van der Waals surface area contributed by atoms with Gasteiger partial charge in [-0.3, -0.25) is 19.3 Å². The van der Waals surface area contributed by atoms with E-state index in [9.17, 15) is 14.4 Å². The van der Waals surface area contributed by atoms with E-state index in [0.29, 0.717) is 5.69 Å². The van der Waals surface area contributed by atoms with Crippen LogP contribution in [0.5, 0.6) is 0 Å². The molecule has 4 aliphatic rings. The number of imide groups is 1. The molecule has 3 saturated heterocycles. The molecule has 3 fully saturated rings. The van der Waals surface area contributed by atoms with Crippen molar-refractivity contribution in [2.45, 2.75) is 24.4 Å². The number of hydrogen-bond acceptors (Lipinski definition) is 4. The number of benzene rings is 3. The Kier molecular flexibility index (Phi) is 3.42. The van der Waals surface area contributed by atoms with Gasteiger partial charge in [0.25, 0.3) is 0 Å². The summed E-state index contributed by atoms with van der Waals surface area (Å²) in [5.41, 5.74) is 1.04.